The van der Waals surface area contributed by atoms with Crippen LogP contribution in [0.3, 0.4) is 0 Å². The van der Waals surface area contributed by atoms with E-state index in [-0.39, 0.29) is 29.0 Å². The van der Waals surface area contributed by atoms with Crippen LogP contribution in [0.4, 0.5) is 15.9 Å². The minimum absolute atomic E-state index is 0. The lowest BCUT2D eigenvalue weighted by atomic mass is 10.1. The van der Waals surface area contributed by atoms with Crippen LogP contribution in [0.15, 0.2) is 24.4 Å². The van der Waals surface area contributed by atoms with Crippen molar-refractivity contribution >= 4 is 57.1 Å². The fourth-order valence-corrected chi connectivity index (χ4v) is 5.31. The first kappa shape index (κ1) is 28.9. The predicted molar refractivity (Wildman–Crippen MR) is 145 cm³/mol. The van der Waals surface area contributed by atoms with E-state index >= 15 is 0 Å². The third kappa shape index (κ3) is 6.08. The molecule has 0 radical (unpaired) electrons. The van der Waals surface area contributed by atoms with E-state index in [1.165, 1.54) is 11.0 Å². The zero-order valence-corrected chi connectivity index (χ0v) is 23.3. The van der Waals surface area contributed by atoms with E-state index in [0.717, 1.165) is 43.2 Å². The van der Waals surface area contributed by atoms with Gasteiger partial charge < -0.3 is 15.5 Å². The number of hydrogen-bond donors (Lipinski definition) is 2. The van der Waals surface area contributed by atoms with Gasteiger partial charge in [0, 0.05) is 49.0 Å². The van der Waals surface area contributed by atoms with Crippen molar-refractivity contribution in [1.82, 2.24) is 19.5 Å². The lowest BCUT2D eigenvalue weighted by molar-refractivity contribution is 0.0723. The molecule has 0 bridgehead atoms. The summed E-state index contributed by atoms with van der Waals surface area (Å²) in [6, 6.07) is 3.63. The Morgan fingerprint density at radius 3 is 2.68 bits per heavy atom. The molecule has 3 N–H and O–H groups in total. The molecule has 1 saturated heterocycles. The summed E-state index contributed by atoms with van der Waals surface area (Å²) in [5, 5.41) is 4.62. The van der Waals surface area contributed by atoms with Gasteiger partial charge in [-0.2, -0.15) is 5.10 Å². The fourth-order valence-electron chi connectivity index (χ4n) is 4.53. The van der Waals surface area contributed by atoms with Crippen molar-refractivity contribution in [3.63, 3.8) is 0 Å². The van der Waals surface area contributed by atoms with E-state index in [0.29, 0.717) is 17.8 Å². The second kappa shape index (κ2) is 11.0. The van der Waals surface area contributed by atoms with Crippen LogP contribution in [0.5, 0.6) is 0 Å². The molecule has 0 saturated carbocycles. The Morgan fingerprint density at radius 2 is 2.08 bits per heavy atom. The highest BCUT2D eigenvalue weighted by Gasteiger charge is 2.29. The molecule has 0 aliphatic carbocycles. The number of rotatable bonds is 7. The van der Waals surface area contributed by atoms with Crippen LogP contribution in [0.2, 0.25) is 5.02 Å². The number of hydrogen-bond acceptors (Lipinski definition) is 7. The van der Waals surface area contributed by atoms with Gasteiger partial charge in [0.15, 0.2) is 5.65 Å². The summed E-state index contributed by atoms with van der Waals surface area (Å²) in [7, 11) is -2.29. The third-order valence-corrected chi connectivity index (χ3v) is 7.03. The van der Waals surface area contributed by atoms with Gasteiger partial charge in [0.25, 0.3) is 5.91 Å². The molecule has 2 aromatic heterocycles. The van der Waals surface area contributed by atoms with Crippen LogP contribution >= 0.6 is 24.0 Å². The largest absolute Gasteiger partial charge is 0.355 e. The highest BCUT2D eigenvalue weighted by atomic mass is 35.5. The van der Waals surface area contributed by atoms with Gasteiger partial charge in [0.2, 0.25) is 10.0 Å². The Kier molecular flexibility index (Phi) is 8.57. The highest BCUT2D eigenvalue weighted by Crippen LogP contribution is 2.31. The fraction of sp³-hybridized carbons (Fsp3) is 0.435. The summed E-state index contributed by atoms with van der Waals surface area (Å²) >= 11 is 5.99. The molecule has 2 atom stereocenters. The van der Waals surface area contributed by atoms with Gasteiger partial charge in [-0.15, -0.1) is 12.4 Å². The van der Waals surface area contributed by atoms with E-state index < -0.39 is 33.5 Å². The zero-order chi connectivity index (χ0) is 26.4. The average molecular weight is 575 g/mol. The maximum absolute atomic E-state index is 14.6. The van der Waals surface area contributed by atoms with Gasteiger partial charge in [0.1, 0.15) is 11.6 Å². The van der Waals surface area contributed by atoms with Gasteiger partial charge in [-0.05, 0) is 31.9 Å². The van der Waals surface area contributed by atoms with Gasteiger partial charge in [-0.3, -0.25) is 9.52 Å². The lowest BCUT2D eigenvalue weighted by Crippen LogP contribution is -2.32. The molecule has 3 aromatic rings. The lowest BCUT2D eigenvalue weighted by Gasteiger charge is -2.27. The normalized spacial score (nSPS) is 16.5. The van der Waals surface area contributed by atoms with Crippen molar-refractivity contribution < 1.29 is 17.6 Å². The van der Waals surface area contributed by atoms with Crippen LogP contribution < -0.4 is 15.4 Å². The van der Waals surface area contributed by atoms with Gasteiger partial charge in [0.05, 0.1) is 29.2 Å². The number of nitrogens with zero attached hydrogens (tertiary/aromatic N) is 5. The molecule has 0 unspecified atom stereocenters. The topological polar surface area (TPSA) is 126 Å². The number of fused-ring (bicyclic) bond motifs is 1. The monoisotopic (exact) mass is 573 g/mol. The molecule has 14 heteroatoms. The molecule has 10 nitrogen and oxygen atoms in total. The molecule has 202 valence electrons. The number of carbonyl (C=O) groups is 1. The minimum atomic E-state index is -3.85. The number of sulfonamides is 1. The number of nitrogens with two attached hydrogens (primary N) is 1. The van der Waals surface area contributed by atoms with Crippen molar-refractivity contribution in [2.75, 3.05) is 36.0 Å². The maximum atomic E-state index is 14.6. The van der Waals surface area contributed by atoms with E-state index in [1.54, 1.807) is 11.6 Å². The van der Waals surface area contributed by atoms with Crippen molar-refractivity contribution in [2.24, 2.45) is 5.73 Å². The molecule has 3 heterocycles. The summed E-state index contributed by atoms with van der Waals surface area (Å²) < 4.78 is 42.0. The first-order valence-corrected chi connectivity index (χ1v) is 13.8. The summed E-state index contributed by atoms with van der Waals surface area (Å²) in [6.45, 7) is 5.42. The Labute approximate surface area is 226 Å². The van der Waals surface area contributed by atoms with Crippen molar-refractivity contribution in [1.29, 1.82) is 0 Å². The number of carbonyl (C=O) groups excluding carboxylic acids is 1. The van der Waals surface area contributed by atoms with Crippen LogP contribution in [0, 0.1) is 12.7 Å². The summed E-state index contributed by atoms with van der Waals surface area (Å²) in [6.07, 6.45) is 4.17. The SMILES string of the molecule is CC[C@@H](c1cc2nc(N3CC[C@H](N)C3)c(C)cn2n1)N(C)C(=O)c1cc(Cl)cc(F)c1NS(C)(=O)=O.Cl. The van der Waals surface area contributed by atoms with Gasteiger partial charge in [-0.25, -0.2) is 22.3 Å². The van der Waals surface area contributed by atoms with Crippen LogP contribution in [-0.2, 0) is 10.0 Å². The van der Waals surface area contributed by atoms with Crippen molar-refractivity contribution in [3.05, 3.63) is 52.1 Å². The summed E-state index contributed by atoms with van der Waals surface area (Å²) in [4.78, 5) is 21.8. The van der Waals surface area contributed by atoms with Gasteiger partial charge >= 0.3 is 0 Å². The van der Waals surface area contributed by atoms with Crippen molar-refractivity contribution in [3.8, 4) is 0 Å². The molecular formula is C23H30Cl2FN7O3S. The number of halogens is 3. The zero-order valence-electron chi connectivity index (χ0n) is 20.9. The van der Waals surface area contributed by atoms with Crippen LogP contribution in [-0.4, -0.2) is 66.3 Å². The number of aryl methyl sites for hydroxylation is 1. The average Bonchev–Trinajstić information content (AvgIpc) is 3.39. The van der Waals surface area contributed by atoms with Crippen LogP contribution in [0.25, 0.3) is 5.65 Å². The second-order valence-corrected chi connectivity index (χ2v) is 11.3. The standard InChI is InChI=1S/C23H29ClFN7O3S.ClH/c1-5-19(30(3)23(33)16-8-14(24)9-17(25)21(16)29-36(4,34)35)18-10-20-27-22(13(2)11-32(20)28-18)31-7-6-15(26)12-31;/h8-11,15,19,29H,5-7,12,26H2,1-4H3;1H/t15-,19-;/m0./s1. The number of benzene rings is 1. The number of nitrogens with one attached hydrogen (secondary N) is 1. The molecule has 1 aliphatic heterocycles. The van der Waals surface area contributed by atoms with E-state index in [9.17, 15) is 17.6 Å². The third-order valence-electron chi connectivity index (χ3n) is 6.24. The molecule has 0 spiro atoms. The Morgan fingerprint density at radius 1 is 1.38 bits per heavy atom. The molecule has 1 amide bonds. The predicted octanol–water partition coefficient (Wildman–Crippen LogP) is 3.38. The van der Waals surface area contributed by atoms with Crippen LogP contribution in [0.1, 0.15) is 47.4 Å². The molecule has 4 rings (SSSR count). The van der Waals surface area contributed by atoms with E-state index in [4.69, 9.17) is 22.3 Å². The molecule has 1 fully saturated rings. The number of anilines is 2. The maximum Gasteiger partial charge on any atom is 0.256 e. The number of amides is 1. The summed E-state index contributed by atoms with van der Waals surface area (Å²) in [5.41, 5.74) is 7.59. The Balaban J connectivity index is 0.00000380. The first-order chi connectivity index (χ1) is 16.9. The van der Waals surface area contributed by atoms with Gasteiger partial charge in [-0.1, -0.05) is 18.5 Å². The first-order valence-electron chi connectivity index (χ1n) is 11.5. The Hall–Kier alpha value is -2.67. The molecular weight excluding hydrogens is 544 g/mol. The quantitative estimate of drug-likeness (QED) is 0.443. The van der Waals surface area contributed by atoms with E-state index in [1.807, 2.05) is 26.1 Å². The molecule has 37 heavy (non-hydrogen) atoms. The smallest absolute Gasteiger partial charge is 0.256 e. The molecule has 1 aliphatic rings. The Bertz CT molecular complexity index is 1430. The van der Waals surface area contributed by atoms with E-state index in [2.05, 4.69) is 14.7 Å². The number of aromatic nitrogens is 3. The minimum Gasteiger partial charge on any atom is -0.355 e. The van der Waals surface area contributed by atoms with Crippen molar-refractivity contribution in [2.45, 2.75) is 38.8 Å². The molecule has 1 aromatic carbocycles. The summed E-state index contributed by atoms with van der Waals surface area (Å²) in [5.74, 6) is -0.702. The second-order valence-electron chi connectivity index (χ2n) is 9.14. The highest BCUT2D eigenvalue weighted by molar-refractivity contribution is 7.92.